The molecule has 3 aromatic carbocycles. The maximum atomic E-state index is 12.1. The Kier molecular flexibility index (Phi) is 6.65. The second kappa shape index (κ2) is 9.57. The van der Waals surface area contributed by atoms with Crippen molar-refractivity contribution in [3.63, 3.8) is 0 Å². The molecule has 0 aliphatic rings. The van der Waals surface area contributed by atoms with Crippen molar-refractivity contribution in [2.24, 2.45) is 0 Å². The molecule has 0 aliphatic heterocycles. The number of hydrogen-bond donors (Lipinski definition) is 1. The predicted octanol–water partition coefficient (Wildman–Crippen LogP) is 5.76. The summed E-state index contributed by atoms with van der Waals surface area (Å²) in [6.45, 7) is 4.30. The zero-order valence-electron chi connectivity index (χ0n) is 16.7. The van der Waals surface area contributed by atoms with Crippen molar-refractivity contribution < 1.29 is 9.53 Å². The van der Waals surface area contributed by atoms with Gasteiger partial charge in [0, 0.05) is 5.69 Å². The summed E-state index contributed by atoms with van der Waals surface area (Å²) >= 11 is 0. The minimum atomic E-state index is -0.197. The minimum Gasteiger partial charge on any atom is -0.484 e. The van der Waals surface area contributed by atoms with Crippen molar-refractivity contribution in [3.05, 3.63) is 83.9 Å². The van der Waals surface area contributed by atoms with E-state index in [9.17, 15) is 4.79 Å². The average Bonchev–Trinajstić information content (AvgIpc) is 2.78. The van der Waals surface area contributed by atoms with E-state index in [-0.39, 0.29) is 12.5 Å². The predicted molar refractivity (Wildman–Crippen MR) is 116 cm³/mol. The van der Waals surface area contributed by atoms with Gasteiger partial charge >= 0.3 is 0 Å². The second-order valence-electron chi connectivity index (χ2n) is 6.98. The lowest BCUT2D eigenvalue weighted by Crippen LogP contribution is -2.20. The third kappa shape index (κ3) is 5.46. The first kappa shape index (κ1) is 20.2. The fraction of sp³-hybridized carbons (Fsp3) is 0.200. The van der Waals surface area contributed by atoms with Crippen molar-refractivity contribution in [1.82, 2.24) is 0 Å². The van der Waals surface area contributed by atoms with E-state index >= 15 is 0 Å². The Morgan fingerprint density at radius 3 is 2.10 bits per heavy atom. The van der Waals surface area contributed by atoms with E-state index in [1.54, 1.807) is 12.1 Å². The standard InChI is InChI=1S/C25H24N2O2/c1-3-18(2)20-8-12-23(13-9-20)27-25(28)17-29-24-14-10-22(11-15-24)21-6-4-19(16-26)5-7-21/h4-15,18H,3,17H2,1-2H3,(H,27,28)/t18-/m1/s1. The van der Waals surface area contributed by atoms with Gasteiger partial charge in [-0.25, -0.2) is 0 Å². The fourth-order valence-corrected chi connectivity index (χ4v) is 2.96. The lowest BCUT2D eigenvalue weighted by molar-refractivity contribution is -0.118. The summed E-state index contributed by atoms with van der Waals surface area (Å²) in [5.41, 5.74) is 4.71. The largest absolute Gasteiger partial charge is 0.484 e. The third-order valence-electron chi connectivity index (χ3n) is 4.95. The molecule has 0 saturated carbocycles. The summed E-state index contributed by atoms with van der Waals surface area (Å²) in [4.78, 5) is 12.1. The third-order valence-corrected chi connectivity index (χ3v) is 4.95. The van der Waals surface area contributed by atoms with Crippen molar-refractivity contribution >= 4 is 11.6 Å². The van der Waals surface area contributed by atoms with Crippen molar-refractivity contribution in [1.29, 1.82) is 5.26 Å². The van der Waals surface area contributed by atoms with Gasteiger partial charge in [-0.2, -0.15) is 5.26 Å². The van der Waals surface area contributed by atoms with E-state index in [1.165, 1.54) is 5.56 Å². The number of amides is 1. The molecule has 0 fully saturated rings. The molecule has 0 spiro atoms. The molecule has 0 unspecified atom stereocenters. The van der Waals surface area contributed by atoms with Crippen LogP contribution in [0.25, 0.3) is 11.1 Å². The number of carbonyl (C=O) groups is 1. The van der Waals surface area contributed by atoms with E-state index in [0.29, 0.717) is 17.2 Å². The Labute approximate surface area is 171 Å². The quantitative estimate of drug-likeness (QED) is 0.563. The molecule has 4 nitrogen and oxygen atoms in total. The Bertz CT molecular complexity index is 985. The van der Waals surface area contributed by atoms with Gasteiger partial charge in [-0.05, 0) is 65.4 Å². The molecule has 0 saturated heterocycles. The number of anilines is 1. The number of nitriles is 1. The summed E-state index contributed by atoms with van der Waals surface area (Å²) in [5.74, 6) is 0.942. The zero-order chi connectivity index (χ0) is 20.6. The highest BCUT2D eigenvalue weighted by atomic mass is 16.5. The first-order valence-electron chi connectivity index (χ1n) is 9.72. The number of hydrogen-bond acceptors (Lipinski definition) is 3. The smallest absolute Gasteiger partial charge is 0.262 e. The summed E-state index contributed by atoms with van der Waals surface area (Å²) < 4.78 is 5.59. The van der Waals surface area contributed by atoms with Gasteiger partial charge in [0.05, 0.1) is 11.6 Å². The SMILES string of the molecule is CC[C@@H](C)c1ccc(NC(=O)COc2ccc(-c3ccc(C#N)cc3)cc2)cc1. The van der Waals surface area contributed by atoms with Crippen LogP contribution in [0.4, 0.5) is 5.69 Å². The van der Waals surface area contributed by atoms with Crippen LogP contribution in [-0.2, 0) is 4.79 Å². The van der Waals surface area contributed by atoms with E-state index in [1.807, 2.05) is 60.7 Å². The number of carbonyl (C=O) groups excluding carboxylic acids is 1. The van der Waals surface area contributed by atoms with Crippen LogP contribution >= 0.6 is 0 Å². The molecule has 3 aromatic rings. The normalized spacial score (nSPS) is 11.3. The summed E-state index contributed by atoms with van der Waals surface area (Å²) in [6.07, 6.45) is 1.09. The molecule has 0 bridgehead atoms. The van der Waals surface area contributed by atoms with Crippen LogP contribution in [0.5, 0.6) is 5.75 Å². The molecule has 146 valence electrons. The molecule has 1 atom stereocenters. The molecule has 0 heterocycles. The monoisotopic (exact) mass is 384 g/mol. The number of rotatable bonds is 7. The van der Waals surface area contributed by atoms with Crippen LogP contribution in [-0.4, -0.2) is 12.5 Å². The summed E-state index contributed by atoms with van der Waals surface area (Å²) in [5, 5.41) is 11.7. The van der Waals surface area contributed by atoms with Gasteiger partial charge in [0.2, 0.25) is 0 Å². The molecule has 0 radical (unpaired) electrons. The number of nitrogens with one attached hydrogen (secondary N) is 1. The van der Waals surface area contributed by atoms with Gasteiger partial charge in [-0.3, -0.25) is 4.79 Å². The van der Waals surface area contributed by atoms with Gasteiger partial charge < -0.3 is 10.1 Å². The van der Waals surface area contributed by atoms with Gasteiger partial charge in [-0.15, -0.1) is 0 Å². The number of nitrogens with zero attached hydrogens (tertiary/aromatic N) is 1. The van der Waals surface area contributed by atoms with E-state index < -0.39 is 0 Å². The van der Waals surface area contributed by atoms with Crippen LogP contribution in [0.15, 0.2) is 72.8 Å². The highest BCUT2D eigenvalue weighted by molar-refractivity contribution is 5.91. The van der Waals surface area contributed by atoms with E-state index in [4.69, 9.17) is 10.00 Å². The van der Waals surface area contributed by atoms with Gasteiger partial charge in [0.1, 0.15) is 5.75 Å². The number of ether oxygens (including phenoxy) is 1. The van der Waals surface area contributed by atoms with Crippen LogP contribution < -0.4 is 10.1 Å². The van der Waals surface area contributed by atoms with Crippen molar-refractivity contribution in [2.75, 3.05) is 11.9 Å². The van der Waals surface area contributed by atoms with Gasteiger partial charge in [0.25, 0.3) is 5.91 Å². The minimum absolute atomic E-state index is 0.0523. The first-order chi connectivity index (χ1) is 14.1. The van der Waals surface area contributed by atoms with Crippen LogP contribution in [0.2, 0.25) is 0 Å². The van der Waals surface area contributed by atoms with Gasteiger partial charge in [-0.1, -0.05) is 50.2 Å². The zero-order valence-corrected chi connectivity index (χ0v) is 16.7. The van der Waals surface area contributed by atoms with Gasteiger partial charge in [0.15, 0.2) is 6.61 Å². The molecular weight excluding hydrogens is 360 g/mol. The lowest BCUT2D eigenvalue weighted by Gasteiger charge is -2.11. The molecule has 1 N–H and O–H groups in total. The highest BCUT2D eigenvalue weighted by Gasteiger charge is 2.06. The molecular formula is C25H24N2O2. The molecule has 0 aliphatic carbocycles. The molecule has 1 amide bonds. The van der Waals surface area contributed by atoms with Crippen LogP contribution in [0.3, 0.4) is 0 Å². The highest BCUT2D eigenvalue weighted by Crippen LogP contribution is 2.23. The van der Waals surface area contributed by atoms with E-state index in [0.717, 1.165) is 23.2 Å². The Hall–Kier alpha value is -3.58. The Morgan fingerprint density at radius 1 is 0.966 bits per heavy atom. The van der Waals surface area contributed by atoms with Crippen molar-refractivity contribution in [3.8, 4) is 22.9 Å². The fourth-order valence-electron chi connectivity index (χ4n) is 2.96. The topological polar surface area (TPSA) is 62.1 Å². The molecule has 4 heteroatoms. The maximum absolute atomic E-state index is 12.1. The Balaban J connectivity index is 1.53. The first-order valence-corrected chi connectivity index (χ1v) is 9.72. The summed E-state index contributed by atoms with van der Waals surface area (Å²) in [7, 11) is 0. The Morgan fingerprint density at radius 2 is 1.55 bits per heavy atom. The van der Waals surface area contributed by atoms with E-state index in [2.05, 4.69) is 25.2 Å². The van der Waals surface area contributed by atoms with Crippen molar-refractivity contribution in [2.45, 2.75) is 26.2 Å². The number of benzene rings is 3. The lowest BCUT2D eigenvalue weighted by atomic mass is 9.99. The second-order valence-corrected chi connectivity index (χ2v) is 6.98. The molecule has 3 rings (SSSR count). The van der Waals surface area contributed by atoms with Crippen LogP contribution in [0, 0.1) is 11.3 Å². The molecule has 29 heavy (non-hydrogen) atoms. The summed E-state index contributed by atoms with van der Waals surface area (Å²) in [6, 6.07) is 25.0. The molecule has 0 aromatic heterocycles. The van der Waals surface area contributed by atoms with Crippen LogP contribution in [0.1, 0.15) is 37.3 Å². The maximum Gasteiger partial charge on any atom is 0.262 e. The average molecular weight is 384 g/mol.